The Hall–Kier alpha value is -0.780. The molecule has 1 nitrogen and oxygen atoms in total. The molecule has 0 heterocycles. The molecular weight excluding hydrogens is 405 g/mol. The van der Waals surface area contributed by atoms with E-state index in [1.165, 1.54) is 0 Å². The van der Waals surface area contributed by atoms with E-state index in [2.05, 4.69) is 31.9 Å². The second kappa shape index (κ2) is 5.69. The first-order valence-electron chi connectivity index (χ1n) is 5.04. The summed E-state index contributed by atoms with van der Waals surface area (Å²) < 4.78 is 27.5. The summed E-state index contributed by atoms with van der Waals surface area (Å²) in [5.41, 5.74) is 0.236. The van der Waals surface area contributed by atoms with Gasteiger partial charge >= 0.3 is 0 Å². The lowest BCUT2D eigenvalue weighted by Gasteiger charge is -2.06. The molecule has 0 N–H and O–H groups in total. The number of hydrogen-bond acceptors (Lipinski definition) is 1. The smallest absolute Gasteiger partial charge is 0.194 e. The van der Waals surface area contributed by atoms with Crippen LogP contribution in [-0.2, 0) is 0 Å². The Morgan fingerprint density at radius 1 is 0.947 bits per heavy atom. The normalized spacial score (nSPS) is 10.6. The molecule has 0 fully saturated rings. The molecule has 19 heavy (non-hydrogen) atoms. The van der Waals surface area contributed by atoms with Gasteiger partial charge < -0.3 is 0 Å². The summed E-state index contributed by atoms with van der Waals surface area (Å²) in [6.45, 7) is 0. The Morgan fingerprint density at radius 3 is 2.05 bits per heavy atom. The van der Waals surface area contributed by atoms with Gasteiger partial charge in [-0.2, -0.15) is 0 Å². The maximum absolute atomic E-state index is 13.2. The zero-order valence-electron chi connectivity index (χ0n) is 9.18. The Kier molecular flexibility index (Phi) is 4.38. The number of carbonyl (C=O) groups excluding carboxylic acids is 1. The summed E-state index contributed by atoms with van der Waals surface area (Å²) in [5.74, 6) is -2.68. The van der Waals surface area contributed by atoms with Crippen LogP contribution in [0.1, 0.15) is 15.9 Å². The predicted molar refractivity (Wildman–Crippen MR) is 76.6 cm³/mol. The molecule has 0 atom stereocenters. The van der Waals surface area contributed by atoms with Crippen molar-refractivity contribution in [1.82, 2.24) is 0 Å². The van der Waals surface area contributed by atoms with Gasteiger partial charge in [-0.15, -0.1) is 0 Å². The van der Waals surface area contributed by atoms with Gasteiger partial charge in [-0.3, -0.25) is 4.79 Å². The molecule has 0 aliphatic carbocycles. The van der Waals surface area contributed by atoms with Gasteiger partial charge in [0, 0.05) is 20.1 Å². The van der Waals surface area contributed by atoms with Crippen molar-refractivity contribution in [3.63, 3.8) is 0 Å². The van der Waals surface area contributed by atoms with Crippen molar-refractivity contribution in [2.45, 2.75) is 0 Å². The molecule has 0 aliphatic rings. The maximum atomic E-state index is 13.2. The third-order valence-electron chi connectivity index (χ3n) is 2.38. The highest BCUT2D eigenvalue weighted by molar-refractivity contribution is 9.11. The van der Waals surface area contributed by atoms with Gasteiger partial charge in [0.25, 0.3) is 0 Å². The topological polar surface area (TPSA) is 17.1 Å². The molecule has 2 rings (SSSR count). The standard InChI is InChI=1S/C13H5Br2ClF2O/c14-7-1-6(2-8(15)3-7)13(19)9-4-11(17)12(18)5-10(9)16/h1-5H. The van der Waals surface area contributed by atoms with Crippen LogP contribution in [0.5, 0.6) is 0 Å². The lowest BCUT2D eigenvalue weighted by molar-refractivity contribution is 0.103. The van der Waals surface area contributed by atoms with Crippen molar-refractivity contribution < 1.29 is 13.6 Å². The molecule has 6 heteroatoms. The van der Waals surface area contributed by atoms with Gasteiger partial charge in [-0.05, 0) is 30.3 Å². The maximum Gasteiger partial charge on any atom is 0.194 e. The van der Waals surface area contributed by atoms with Crippen LogP contribution in [0.15, 0.2) is 39.3 Å². The van der Waals surface area contributed by atoms with E-state index in [1.54, 1.807) is 18.2 Å². The minimum atomic E-state index is -1.11. The molecule has 0 unspecified atom stereocenters. The van der Waals surface area contributed by atoms with Crippen LogP contribution in [0.2, 0.25) is 5.02 Å². The molecule has 0 aliphatic heterocycles. The Morgan fingerprint density at radius 2 is 1.47 bits per heavy atom. The van der Waals surface area contributed by atoms with E-state index in [-0.39, 0.29) is 10.6 Å². The van der Waals surface area contributed by atoms with Crippen molar-refractivity contribution in [3.8, 4) is 0 Å². The first-order chi connectivity index (χ1) is 8.88. The fourth-order valence-corrected chi connectivity index (χ4v) is 3.07. The number of hydrogen-bond donors (Lipinski definition) is 0. The SMILES string of the molecule is O=C(c1cc(Br)cc(Br)c1)c1cc(F)c(F)cc1Cl. The molecular formula is C13H5Br2ClF2O. The van der Waals surface area contributed by atoms with Gasteiger partial charge in [-0.1, -0.05) is 43.5 Å². The van der Waals surface area contributed by atoms with Crippen LogP contribution in [0, 0.1) is 11.6 Å². The summed E-state index contributed by atoms with van der Waals surface area (Å²) in [6, 6.07) is 6.49. The number of carbonyl (C=O) groups is 1. The summed E-state index contributed by atoms with van der Waals surface area (Å²) in [7, 11) is 0. The van der Waals surface area contributed by atoms with E-state index < -0.39 is 17.4 Å². The third kappa shape index (κ3) is 3.22. The van der Waals surface area contributed by atoms with E-state index in [4.69, 9.17) is 11.6 Å². The van der Waals surface area contributed by atoms with E-state index >= 15 is 0 Å². The summed E-state index contributed by atoms with van der Waals surface area (Å²) in [5, 5.41) is -0.125. The summed E-state index contributed by atoms with van der Waals surface area (Å²) >= 11 is 12.3. The number of benzene rings is 2. The summed E-state index contributed by atoms with van der Waals surface area (Å²) in [6.07, 6.45) is 0. The first-order valence-corrected chi connectivity index (χ1v) is 7.00. The molecule has 2 aromatic carbocycles. The van der Waals surface area contributed by atoms with Crippen LogP contribution in [-0.4, -0.2) is 5.78 Å². The average molecular weight is 410 g/mol. The van der Waals surface area contributed by atoms with Gasteiger partial charge in [0.2, 0.25) is 0 Å². The van der Waals surface area contributed by atoms with Crippen LogP contribution >= 0.6 is 43.5 Å². The molecule has 0 bridgehead atoms. The molecule has 2 aromatic rings. The fourth-order valence-electron chi connectivity index (χ4n) is 1.54. The van der Waals surface area contributed by atoms with E-state index in [1.807, 2.05) is 0 Å². The average Bonchev–Trinajstić information content (AvgIpc) is 2.31. The van der Waals surface area contributed by atoms with E-state index in [0.717, 1.165) is 12.1 Å². The highest BCUT2D eigenvalue weighted by Crippen LogP contribution is 2.26. The zero-order chi connectivity index (χ0) is 14.2. The van der Waals surface area contributed by atoms with Crippen molar-refractivity contribution in [3.05, 3.63) is 67.1 Å². The summed E-state index contributed by atoms with van der Waals surface area (Å²) in [4.78, 5) is 12.2. The quantitative estimate of drug-likeness (QED) is 0.480. The van der Waals surface area contributed by atoms with Gasteiger partial charge in [0.15, 0.2) is 17.4 Å². The van der Waals surface area contributed by atoms with E-state index in [9.17, 15) is 13.6 Å². The van der Waals surface area contributed by atoms with Crippen molar-refractivity contribution in [1.29, 1.82) is 0 Å². The van der Waals surface area contributed by atoms with Crippen LogP contribution in [0.4, 0.5) is 8.78 Å². The largest absolute Gasteiger partial charge is 0.289 e. The van der Waals surface area contributed by atoms with E-state index in [0.29, 0.717) is 14.5 Å². The predicted octanol–water partition coefficient (Wildman–Crippen LogP) is 5.37. The number of rotatable bonds is 2. The van der Waals surface area contributed by atoms with Crippen molar-refractivity contribution in [2.75, 3.05) is 0 Å². The minimum absolute atomic E-state index is 0.0782. The molecule has 0 radical (unpaired) electrons. The number of ketones is 1. The molecule has 0 amide bonds. The molecule has 98 valence electrons. The van der Waals surface area contributed by atoms with Crippen molar-refractivity contribution in [2.24, 2.45) is 0 Å². The van der Waals surface area contributed by atoms with Gasteiger partial charge in [0.05, 0.1) is 5.02 Å². The highest BCUT2D eigenvalue weighted by Gasteiger charge is 2.17. The number of halogens is 5. The molecule has 0 aromatic heterocycles. The Labute approximate surface area is 129 Å². The van der Waals surface area contributed by atoms with Crippen LogP contribution in [0.25, 0.3) is 0 Å². The lowest BCUT2D eigenvalue weighted by atomic mass is 10.0. The molecule has 0 spiro atoms. The Balaban J connectivity index is 2.53. The minimum Gasteiger partial charge on any atom is -0.289 e. The highest BCUT2D eigenvalue weighted by atomic mass is 79.9. The van der Waals surface area contributed by atoms with Gasteiger partial charge in [-0.25, -0.2) is 8.78 Å². The van der Waals surface area contributed by atoms with Crippen molar-refractivity contribution >= 4 is 49.2 Å². The van der Waals surface area contributed by atoms with Crippen LogP contribution < -0.4 is 0 Å². The second-order valence-electron chi connectivity index (χ2n) is 3.73. The third-order valence-corrected chi connectivity index (χ3v) is 3.61. The lowest BCUT2D eigenvalue weighted by Crippen LogP contribution is -2.04. The molecule has 0 saturated carbocycles. The van der Waals surface area contributed by atoms with Crippen LogP contribution in [0.3, 0.4) is 0 Å². The molecule has 0 saturated heterocycles. The Bertz CT molecular complexity index is 654. The van der Waals surface area contributed by atoms with Gasteiger partial charge in [0.1, 0.15) is 0 Å². The monoisotopic (exact) mass is 408 g/mol. The fraction of sp³-hybridized carbons (Fsp3) is 0. The zero-order valence-corrected chi connectivity index (χ0v) is 13.1. The second-order valence-corrected chi connectivity index (χ2v) is 5.97. The first kappa shape index (κ1) is 14.6.